The van der Waals surface area contributed by atoms with Crippen LogP contribution in [0.4, 0.5) is 0 Å². The number of hydrogen-bond acceptors (Lipinski definition) is 0. The lowest BCUT2D eigenvalue weighted by molar-refractivity contribution is 1.47. The Kier molecular flexibility index (Phi) is 3.76. The maximum absolute atomic E-state index is 2.27. The molecule has 0 aliphatic rings. The van der Waals surface area contributed by atoms with E-state index in [1.807, 2.05) is 0 Å². The maximum Gasteiger partial charge on any atom is -0.00206 e. The lowest BCUT2D eigenvalue weighted by Crippen LogP contribution is -1.89. The molecule has 0 bridgehead atoms. The first-order valence-corrected chi connectivity index (χ1v) is 9.38. The van der Waals surface area contributed by atoms with Gasteiger partial charge in [-0.15, -0.1) is 0 Å². The average Bonchev–Trinajstić information content (AvgIpc) is 2.73. The Bertz CT molecular complexity index is 1260. The summed E-state index contributed by atoms with van der Waals surface area (Å²) >= 11 is 0. The molecule has 0 heterocycles. The van der Waals surface area contributed by atoms with Gasteiger partial charge in [0, 0.05) is 0 Å². The summed E-state index contributed by atoms with van der Waals surface area (Å²) in [7, 11) is 0. The Morgan fingerprint density at radius 1 is 0.444 bits per heavy atom. The van der Waals surface area contributed by atoms with Crippen LogP contribution in [0, 0.1) is 6.92 Å². The van der Waals surface area contributed by atoms with Gasteiger partial charge >= 0.3 is 0 Å². The summed E-state index contributed by atoms with van der Waals surface area (Å²) in [6.45, 7) is 2.13. The molecule has 0 radical (unpaired) electrons. The van der Waals surface area contributed by atoms with Crippen molar-refractivity contribution in [2.75, 3.05) is 0 Å². The molecule has 0 aliphatic carbocycles. The summed E-state index contributed by atoms with van der Waals surface area (Å²) in [4.78, 5) is 0. The van der Waals surface area contributed by atoms with Crippen LogP contribution in [0.5, 0.6) is 0 Å². The van der Waals surface area contributed by atoms with Crippen molar-refractivity contribution in [2.45, 2.75) is 6.92 Å². The van der Waals surface area contributed by atoms with Crippen LogP contribution >= 0.6 is 0 Å². The second-order valence-corrected chi connectivity index (χ2v) is 7.10. The van der Waals surface area contributed by atoms with Crippen LogP contribution in [-0.2, 0) is 0 Å². The van der Waals surface area contributed by atoms with E-state index in [0.717, 1.165) is 0 Å². The van der Waals surface area contributed by atoms with Crippen molar-refractivity contribution in [2.24, 2.45) is 0 Å². The number of rotatable bonds is 2. The highest BCUT2D eigenvalue weighted by atomic mass is 14.2. The van der Waals surface area contributed by atoms with Gasteiger partial charge < -0.3 is 0 Å². The summed E-state index contributed by atoms with van der Waals surface area (Å²) in [6, 6.07) is 37.3. The molecular weight excluding hydrogens is 324 g/mol. The summed E-state index contributed by atoms with van der Waals surface area (Å²) in [5, 5.41) is 5.14. The predicted molar refractivity (Wildman–Crippen MR) is 117 cm³/mol. The molecule has 128 valence electrons. The van der Waals surface area contributed by atoms with Crippen LogP contribution < -0.4 is 0 Å². The summed E-state index contributed by atoms with van der Waals surface area (Å²) in [5.41, 5.74) is 6.43. The fourth-order valence-corrected chi connectivity index (χ4v) is 3.98. The SMILES string of the molecule is Cc1ccc(-c2ccc3ccccc3c2-c2cccc3ccccc23)cc1. The second kappa shape index (κ2) is 6.41. The third kappa shape index (κ3) is 2.71. The minimum atomic E-state index is 1.26. The average molecular weight is 344 g/mol. The fraction of sp³-hybridized carbons (Fsp3) is 0.0370. The number of fused-ring (bicyclic) bond motifs is 2. The minimum absolute atomic E-state index is 1.26. The zero-order valence-electron chi connectivity index (χ0n) is 15.3. The van der Waals surface area contributed by atoms with Crippen molar-refractivity contribution in [3.05, 3.63) is 109 Å². The van der Waals surface area contributed by atoms with E-state index in [4.69, 9.17) is 0 Å². The van der Waals surface area contributed by atoms with Gasteiger partial charge in [0.05, 0.1) is 0 Å². The highest BCUT2D eigenvalue weighted by Gasteiger charge is 2.14. The van der Waals surface area contributed by atoms with Gasteiger partial charge in [-0.2, -0.15) is 0 Å². The Hall–Kier alpha value is -3.38. The van der Waals surface area contributed by atoms with Gasteiger partial charge in [-0.3, -0.25) is 0 Å². The summed E-state index contributed by atoms with van der Waals surface area (Å²) in [5.74, 6) is 0. The summed E-state index contributed by atoms with van der Waals surface area (Å²) in [6.07, 6.45) is 0. The topological polar surface area (TPSA) is 0 Å². The van der Waals surface area contributed by atoms with Crippen LogP contribution in [0.15, 0.2) is 103 Å². The molecule has 0 aromatic heterocycles. The first-order chi connectivity index (χ1) is 13.3. The molecule has 5 aromatic rings. The van der Waals surface area contributed by atoms with E-state index >= 15 is 0 Å². The molecule has 0 spiro atoms. The van der Waals surface area contributed by atoms with Gasteiger partial charge in [-0.25, -0.2) is 0 Å². The third-order valence-corrected chi connectivity index (χ3v) is 5.35. The van der Waals surface area contributed by atoms with E-state index in [9.17, 15) is 0 Å². The molecule has 27 heavy (non-hydrogen) atoms. The van der Waals surface area contributed by atoms with Gasteiger partial charge in [-0.05, 0) is 50.7 Å². The zero-order valence-corrected chi connectivity index (χ0v) is 15.3. The molecule has 0 atom stereocenters. The molecule has 0 unspecified atom stereocenters. The maximum atomic E-state index is 2.27. The van der Waals surface area contributed by atoms with Crippen LogP contribution in [-0.4, -0.2) is 0 Å². The monoisotopic (exact) mass is 344 g/mol. The molecule has 0 nitrogen and oxygen atoms in total. The van der Waals surface area contributed by atoms with E-state index < -0.39 is 0 Å². The Morgan fingerprint density at radius 2 is 1.07 bits per heavy atom. The standard InChI is InChI=1S/C27H20/c1-19-13-15-22(16-14-19)25-18-17-21-8-3-5-11-24(21)27(25)26-12-6-9-20-7-2-4-10-23(20)26/h2-18H,1H3. The van der Waals surface area contributed by atoms with Crippen molar-refractivity contribution >= 4 is 21.5 Å². The van der Waals surface area contributed by atoms with Gasteiger partial charge in [0.1, 0.15) is 0 Å². The van der Waals surface area contributed by atoms with E-state index in [0.29, 0.717) is 0 Å². The predicted octanol–water partition coefficient (Wildman–Crippen LogP) is 7.64. The Morgan fingerprint density at radius 3 is 1.85 bits per heavy atom. The van der Waals surface area contributed by atoms with Crippen LogP contribution in [0.1, 0.15) is 5.56 Å². The molecule has 5 rings (SSSR count). The van der Waals surface area contributed by atoms with Crippen LogP contribution in [0.3, 0.4) is 0 Å². The third-order valence-electron chi connectivity index (χ3n) is 5.35. The molecule has 0 heteroatoms. The Balaban J connectivity index is 1.91. The molecule has 0 saturated carbocycles. The van der Waals surface area contributed by atoms with E-state index in [1.54, 1.807) is 0 Å². The smallest absolute Gasteiger partial charge is 0.00206 e. The molecule has 0 aliphatic heterocycles. The number of aryl methyl sites for hydroxylation is 1. The molecule has 0 saturated heterocycles. The van der Waals surface area contributed by atoms with Gasteiger partial charge in [0.15, 0.2) is 0 Å². The van der Waals surface area contributed by atoms with Gasteiger partial charge in [0.25, 0.3) is 0 Å². The van der Waals surface area contributed by atoms with Crippen molar-refractivity contribution in [3.63, 3.8) is 0 Å². The fourth-order valence-electron chi connectivity index (χ4n) is 3.98. The highest BCUT2D eigenvalue weighted by Crippen LogP contribution is 2.41. The molecular formula is C27H20. The highest BCUT2D eigenvalue weighted by molar-refractivity contribution is 6.10. The van der Waals surface area contributed by atoms with Crippen molar-refractivity contribution in [1.82, 2.24) is 0 Å². The van der Waals surface area contributed by atoms with E-state index in [-0.39, 0.29) is 0 Å². The van der Waals surface area contributed by atoms with Crippen molar-refractivity contribution in [1.29, 1.82) is 0 Å². The van der Waals surface area contributed by atoms with Gasteiger partial charge in [-0.1, -0.05) is 109 Å². The van der Waals surface area contributed by atoms with Crippen LogP contribution in [0.2, 0.25) is 0 Å². The molecule has 0 amide bonds. The summed E-state index contributed by atoms with van der Waals surface area (Å²) < 4.78 is 0. The van der Waals surface area contributed by atoms with Crippen LogP contribution in [0.25, 0.3) is 43.8 Å². The molecule has 0 N–H and O–H groups in total. The Labute approximate surface area is 159 Å². The molecule has 5 aromatic carbocycles. The number of hydrogen-bond donors (Lipinski definition) is 0. The minimum Gasteiger partial charge on any atom is -0.0616 e. The van der Waals surface area contributed by atoms with Crippen molar-refractivity contribution < 1.29 is 0 Å². The first kappa shape index (κ1) is 15.8. The van der Waals surface area contributed by atoms with Gasteiger partial charge in [0.2, 0.25) is 0 Å². The second-order valence-electron chi connectivity index (χ2n) is 7.10. The quantitative estimate of drug-likeness (QED) is 0.309. The zero-order chi connectivity index (χ0) is 18.2. The lowest BCUT2D eigenvalue weighted by Gasteiger charge is -2.16. The first-order valence-electron chi connectivity index (χ1n) is 9.38. The lowest BCUT2D eigenvalue weighted by atomic mass is 9.87. The largest absolute Gasteiger partial charge is 0.0616 e. The number of benzene rings is 5. The normalized spacial score (nSPS) is 11.1. The van der Waals surface area contributed by atoms with Crippen molar-refractivity contribution in [3.8, 4) is 22.3 Å². The van der Waals surface area contributed by atoms with E-state index in [1.165, 1.54) is 49.4 Å². The molecule has 0 fully saturated rings. The van der Waals surface area contributed by atoms with E-state index in [2.05, 4.69) is 110 Å².